The van der Waals surface area contributed by atoms with Gasteiger partial charge in [0.15, 0.2) is 0 Å². The fourth-order valence-corrected chi connectivity index (χ4v) is 2.79. The topological polar surface area (TPSA) is 31.4 Å². The minimum atomic E-state index is -0.246. The highest BCUT2D eigenvalue weighted by Gasteiger charge is 2.27. The third-order valence-electron chi connectivity index (χ3n) is 4.26. The maximum absolute atomic E-state index is 13.5. The zero-order valence-corrected chi connectivity index (χ0v) is 12.3. The van der Waals surface area contributed by atoms with E-state index in [1.807, 2.05) is 0 Å². The molecule has 5 heteroatoms. The van der Waals surface area contributed by atoms with Gasteiger partial charge in [-0.3, -0.25) is 0 Å². The van der Waals surface area contributed by atoms with E-state index in [4.69, 9.17) is 0 Å². The van der Waals surface area contributed by atoms with Gasteiger partial charge in [0, 0.05) is 37.3 Å². The summed E-state index contributed by atoms with van der Waals surface area (Å²) in [4.78, 5) is 8.89. The number of nitrogens with one attached hydrogen (secondary N) is 1. The molecule has 20 heavy (non-hydrogen) atoms. The van der Waals surface area contributed by atoms with Crippen molar-refractivity contribution >= 4 is 5.82 Å². The summed E-state index contributed by atoms with van der Waals surface area (Å²) in [6.45, 7) is 2.69. The Balaban J connectivity index is 1.74. The van der Waals surface area contributed by atoms with Gasteiger partial charge < -0.3 is 15.1 Å². The standard InChI is InChI=1S/C15H23FN4/c1-19(2)14-5-6-20(10-14)15-11(7-12(16)9-18-15)8-17-13-3-4-13/h7,9,13-14,17H,3-6,8,10H2,1-2H3. The molecule has 1 aliphatic carbocycles. The number of hydrogen-bond donors (Lipinski definition) is 1. The molecule has 1 N–H and O–H groups in total. The van der Waals surface area contributed by atoms with Gasteiger partial charge in [0.05, 0.1) is 6.20 Å². The van der Waals surface area contributed by atoms with Crippen LogP contribution in [-0.4, -0.2) is 49.2 Å². The van der Waals surface area contributed by atoms with Crippen molar-refractivity contribution in [3.8, 4) is 0 Å². The summed E-state index contributed by atoms with van der Waals surface area (Å²) in [5.74, 6) is 0.702. The molecule has 1 saturated heterocycles. The first kappa shape index (κ1) is 13.8. The highest BCUT2D eigenvalue weighted by Crippen LogP contribution is 2.26. The van der Waals surface area contributed by atoms with Crippen LogP contribution in [-0.2, 0) is 6.54 Å². The number of hydrogen-bond acceptors (Lipinski definition) is 4. The Morgan fingerprint density at radius 3 is 2.85 bits per heavy atom. The lowest BCUT2D eigenvalue weighted by Crippen LogP contribution is -2.32. The Kier molecular flexibility index (Phi) is 3.89. The average Bonchev–Trinajstić information content (AvgIpc) is 3.11. The minimum Gasteiger partial charge on any atom is -0.355 e. The summed E-state index contributed by atoms with van der Waals surface area (Å²) in [6.07, 6.45) is 4.95. The lowest BCUT2D eigenvalue weighted by atomic mass is 10.2. The summed E-state index contributed by atoms with van der Waals surface area (Å²) in [5.41, 5.74) is 0.983. The molecule has 1 aromatic heterocycles. The van der Waals surface area contributed by atoms with Gasteiger partial charge in [-0.1, -0.05) is 0 Å². The number of halogens is 1. The van der Waals surface area contributed by atoms with Crippen molar-refractivity contribution in [2.75, 3.05) is 32.1 Å². The van der Waals surface area contributed by atoms with E-state index in [0.29, 0.717) is 18.6 Å². The first-order valence-corrected chi connectivity index (χ1v) is 7.42. The Labute approximate surface area is 120 Å². The molecule has 0 spiro atoms. The van der Waals surface area contributed by atoms with Crippen LogP contribution in [0.25, 0.3) is 0 Å². The fourth-order valence-electron chi connectivity index (χ4n) is 2.79. The van der Waals surface area contributed by atoms with Crippen LogP contribution in [0.15, 0.2) is 12.3 Å². The van der Waals surface area contributed by atoms with Crippen molar-refractivity contribution in [1.29, 1.82) is 0 Å². The molecular weight excluding hydrogens is 255 g/mol. The molecule has 0 amide bonds. The first-order chi connectivity index (χ1) is 9.63. The molecule has 3 rings (SSSR count). The van der Waals surface area contributed by atoms with Crippen LogP contribution in [0.5, 0.6) is 0 Å². The smallest absolute Gasteiger partial charge is 0.141 e. The molecule has 110 valence electrons. The Bertz CT molecular complexity index is 473. The van der Waals surface area contributed by atoms with Crippen LogP contribution in [0.2, 0.25) is 0 Å². The number of likely N-dealkylation sites (N-methyl/N-ethyl adjacent to an activating group) is 1. The lowest BCUT2D eigenvalue weighted by Gasteiger charge is -2.23. The molecule has 2 aliphatic rings. The van der Waals surface area contributed by atoms with Crippen molar-refractivity contribution in [2.24, 2.45) is 0 Å². The van der Waals surface area contributed by atoms with E-state index in [1.165, 1.54) is 19.0 Å². The first-order valence-electron chi connectivity index (χ1n) is 7.42. The second-order valence-electron chi connectivity index (χ2n) is 6.14. The number of nitrogens with zero attached hydrogens (tertiary/aromatic N) is 3. The minimum absolute atomic E-state index is 0.246. The number of pyridine rings is 1. The largest absolute Gasteiger partial charge is 0.355 e. The average molecular weight is 278 g/mol. The van der Waals surface area contributed by atoms with Gasteiger partial charge in [-0.05, 0) is 39.4 Å². The molecular formula is C15H23FN4. The van der Waals surface area contributed by atoms with Gasteiger partial charge >= 0.3 is 0 Å². The van der Waals surface area contributed by atoms with Crippen molar-refractivity contribution in [2.45, 2.75) is 37.9 Å². The van der Waals surface area contributed by atoms with E-state index in [2.05, 4.69) is 34.2 Å². The highest BCUT2D eigenvalue weighted by atomic mass is 19.1. The van der Waals surface area contributed by atoms with E-state index in [9.17, 15) is 4.39 Å². The quantitative estimate of drug-likeness (QED) is 0.887. The summed E-state index contributed by atoms with van der Waals surface area (Å²) in [7, 11) is 4.23. The molecule has 1 unspecified atom stereocenters. The van der Waals surface area contributed by atoms with Crippen LogP contribution in [0.4, 0.5) is 10.2 Å². The SMILES string of the molecule is CN(C)C1CCN(c2ncc(F)cc2CNC2CC2)C1. The second kappa shape index (κ2) is 5.66. The van der Waals surface area contributed by atoms with Crippen molar-refractivity contribution < 1.29 is 4.39 Å². The molecule has 1 atom stereocenters. The summed E-state index contributed by atoms with van der Waals surface area (Å²) in [6, 6.07) is 2.81. The summed E-state index contributed by atoms with van der Waals surface area (Å²) >= 11 is 0. The molecule has 1 aliphatic heterocycles. The van der Waals surface area contributed by atoms with Crippen LogP contribution >= 0.6 is 0 Å². The van der Waals surface area contributed by atoms with Crippen molar-refractivity contribution in [3.05, 3.63) is 23.6 Å². The number of anilines is 1. The Morgan fingerprint density at radius 2 is 2.20 bits per heavy atom. The second-order valence-corrected chi connectivity index (χ2v) is 6.14. The van der Waals surface area contributed by atoms with Gasteiger partial charge in [0.2, 0.25) is 0 Å². The van der Waals surface area contributed by atoms with Gasteiger partial charge in [0.1, 0.15) is 11.6 Å². The van der Waals surface area contributed by atoms with Crippen LogP contribution in [0.1, 0.15) is 24.8 Å². The molecule has 0 radical (unpaired) electrons. The van der Waals surface area contributed by atoms with E-state index in [1.54, 1.807) is 6.07 Å². The van der Waals surface area contributed by atoms with Crippen LogP contribution in [0.3, 0.4) is 0 Å². The molecule has 2 heterocycles. The number of aromatic nitrogens is 1. The van der Waals surface area contributed by atoms with Gasteiger partial charge in [-0.25, -0.2) is 9.37 Å². The van der Waals surface area contributed by atoms with Crippen LogP contribution < -0.4 is 10.2 Å². The molecule has 0 aromatic carbocycles. The van der Waals surface area contributed by atoms with Crippen molar-refractivity contribution in [1.82, 2.24) is 15.2 Å². The predicted molar refractivity (Wildman–Crippen MR) is 78.4 cm³/mol. The normalized spacial score (nSPS) is 22.8. The van der Waals surface area contributed by atoms with E-state index in [0.717, 1.165) is 30.9 Å². The molecule has 4 nitrogen and oxygen atoms in total. The summed E-state index contributed by atoms with van der Waals surface area (Å²) in [5, 5.41) is 3.45. The Hall–Kier alpha value is -1.20. The van der Waals surface area contributed by atoms with E-state index >= 15 is 0 Å². The zero-order valence-electron chi connectivity index (χ0n) is 12.3. The lowest BCUT2D eigenvalue weighted by molar-refractivity contribution is 0.315. The van der Waals surface area contributed by atoms with Crippen LogP contribution in [0, 0.1) is 5.82 Å². The van der Waals surface area contributed by atoms with Gasteiger partial charge in [0.25, 0.3) is 0 Å². The molecule has 1 aromatic rings. The third kappa shape index (κ3) is 3.10. The molecule has 1 saturated carbocycles. The number of rotatable bonds is 5. The molecule has 2 fully saturated rings. The van der Waals surface area contributed by atoms with Gasteiger partial charge in [-0.15, -0.1) is 0 Å². The maximum atomic E-state index is 13.5. The third-order valence-corrected chi connectivity index (χ3v) is 4.26. The Morgan fingerprint density at radius 1 is 1.40 bits per heavy atom. The fraction of sp³-hybridized carbons (Fsp3) is 0.667. The van der Waals surface area contributed by atoms with Gasteiger partial charge in [-0.2, -0.15) is 0 Å². The maximum Gasteiger partial charge on any atom is 0.141 e. The zero-order chi connectivity index (χ0) is 14.1. The highest BCUT2D eigenvalue weighted by molar-refractivity contribution is 5.48. The predicted octanol–water partition coefficient (Wildman–Crippen LogP) is 1.61. The molecule has 0 bridgehead atoms. The van der Waals surface area contributed by atoms with Crippen molar-refractivity contribution in [3.63, 3.8) is 0 Å². The van der Waals surface area contributed by atoms with E-state index in [-0.39, 0.29) is 5.82 Å². The monoisotopic (exact) mass is 278 g/mol. The van der Waals surface area contributed by atoms with E-state index < -0.39 is 0 Å². The summed E-state index contributed by atoms with van der Waals surface area (Å²) < 4.78 is 13.5.